The first kappa shape index (κ1) is 17.2. The third kappa shape index (κ3) is 2.23. The zero-order chi connectivity index (χ0) is 19.6. The van der Waals surface area contributed by atoms with Gasteiger partial charge in [-0.3, -0.25) is 14.4 Å². The molecule has 0 saturated carbocycles. The first-order valence-electron chi connectivity index (χ1n) is 9.18. The summed E-state index contributed by atoms with van der Waals surface area (Å²) in [5.74, 6) is -2.02. The molecular formula is C22H17ClN2O3. The highest BCUT2D eigenvalue weighted by atomic mass is 35.5. The van der Waals surface area contributed by atoms with Crippen LogP contribution in [0.1, 0.15) is 12.5 Å². The minimum atomic E-state index is -0.704. The Kier molecular flexibility index (Phi) is 3.71. The summed E-state index contributed by atoms with van der Waals surface area (Å²) in [6, 6.07) is 13.4. The summed E-state index contributed by atoms with van der Waals surface area (Å²) in [4.78, 5) is 42.5. The van der Waals surface area contributed by atoms with Gasteiger partial charge in [0.25, 0.3) is 0 Å². The van der Waals surface area contributed by atoms with Gasteiger partial charge in [0, 0.05) is 10.7 Å². The monoisotopic (exact) mass is 392 g/mol. The van der Waals surface area contributed by atoms with Gasteiger partial charge in [-0.05, 0) is 36.8 Å². The van der Waals surface area contributed by atoms with Crippen LogP contribution in [0.25, 0.3) is 6.08 Å². The van der Waals surface area contributed by atoms with Crippen molar-refractivity contribution in [3.8, 4) is 0 Å². The van der Waals surface area contributed by atoms with Crippen LogP contribution < -0.4 is 9.80 Å². The Morgan fingerprint density at radius 1 is 1.00 bits per heavy atom. The predicted molar refractivity (Wildman–Crippen MR) is 107 cm³/mol. The first-order valence-corrected chi connectivity index (χ1v) is 9.56. The molecular weight excluding hydrogens is 376 g/mol. The molecule has 3 aliphatic heterocycles. The summed E-state index contributed by atoms with van der Waals surface area (Å²) in [5.41, 5.74) is 2.32. The van der Waals surface area contributed by atoms with Crippen LogP contribution in [-0.2, 0) is 14.4 Å². The number of amides is 2. The number of fused-ring (bicyclic) bond motifs is 5. The number of Topliss-reactive ketones (excluding diaryl/α,β-unsaturated/α-hetero) is 1. The zero-order valence-corrected chi connectivity index (χ0v) is 15.8. The molecule has 5 nitrogen and oxygen atoms in total. The maximum atomic E-state index is 13.3. The maximum Gasteiger partial charge on any atom is 0.240 e. The van der Waals surface area contributed by atoms with Crippen molar-refractivity contribution in [2.75, 3.05) is 9.80 Å². The first-order chi connectivity index (χ1) is 13.5. The number of nitrogens with zero attached hydrogens (tertiary/aromatic N) is 2. The van der Waals surface area contributed by atoms with Crippen molar-refractivity contribution in [3.05, 3.63) is 65.2 Å². The SMILES string of the molecule is CC(=O)[C@H]1[C@@H]2C(=O)N(c3cccc(Cl)c3)C(=O)[C@@H]2[C@H]2C=Cc3ccccc3N21. The van der Waals surface area contributed by atoms with E-state index in [0.29, 0.717) is 10.7 Å². The van der Waals surface area contributed by atoms with E-state index in [1.807, 2.05) is 41.3 Å². The van der Waals surface area contributed by atoms with Crippen molar-refractivity contribution in [2.24, 2.45) is 11.8 Å². The van der Waals surface area contributed by atoms with Gasteiger partial charge in [0.15, 0.2) is 5.78 Å². The summed E-state index contributed by atoms with van der Waals surface area (Å²) < 4.78 is 0. The lowest BCUT2D eigenvalue weighted by molar-refractivity contribution is -0.126. The summed E-state index contributed by atoms with van der Waals surface area (Å²) in [7, 11) is 0. The highest BCUT2D eigenvalue weighted by Gasteiger charge is 2.63. The number of ketones is 1. The van der Waals surface area contributed by atoms with E-state index >= 15 is 0 Å². The summed E-state index contributed by atoms with van der Waals surface area (Å²) in [6.07, 6.45) is 3.91. The fraction of sp³-hybridized carbons (Fsp3) is 0.227. The topological polar surface area (TPSA) is 57.7 Å². The molecule has 4 atom stereocenters. The Hall–Kier alpha value is -2.92. The lowest BCUT2D eigenvalue weighted by Crippen LogP contribution is -2.48. The van der Waals surface area contributed by atoms with Crippen molar-refractivity contribution in [1.82, 2.24) is 0 Å². The van der Waals surface area contributed by atoms with Gasteiger partial charge >= 0.3 is 0 Å². The second kappa shape index (κ2) is 6.04. The normalized spacial score (nSPS) is 27.6. The molecule has 2 saturated heterocycles. The number of halogens is 1. The summed E-state index contributed by atoms with van der Waals surface area (Å²) in [6.45, 7) is 1.49. The van der Waals surface area contributed by atoms with Gasteiger partial charge < -0.3 is 4.90 Å². The number of carbonyl (C=O) groups is 3. The lowest BCUT2D eigenvalue weighted by atomic mass is 9.88. The number of hydrogen-bond donors (Lipinski definition) is 0. The van der Waals surface area contributed by atoms with Crippen molar-refractivity contribution in [3.63, 3.8) is 0 Å². The van der Waals surface area contributed by atoms with Crippen LogP contribution in [0.4, 0.5) is 11.4 Å². The molecule has 0 radical (unpaired) electrons. The molecule has 28 heavy (non-hydrogen) atoms. The Morgan fingerprint density at radius 2 is 1.75 bits per heavy atom. The molecule has 2 aromatic rings. The van der Waals surface area contributed by atoms with E-state index in [1.165, 1.54) is 11.8 Å². The van der Waals surface area contributed by atoms with Crippen LogP contribution in [-0.4, -0.2) is 29.7 Å². The standard InChI is InChI=1S/C22H17ClN2O3/c1-12(26)20-19-18(17-10-9-13-5-2-3-8-16(13)25(17)20)21(27)24(22(19)28)15-7-4-6-14(23)11-15/h2-11,17-20H,1H3/t17-,18-,19-,20+/m1/s1. The van der Waals surface area contributed by atoms with Crippen molar-refractivity contribution in [1.29, 1.82) is 0 Å². The third-order valence-corrected chi connectivity index (χ3v) is 6.13. The van der Waals surface area contributed by atoms with Crippen LogP contribution in [0.15, 0.2) is 54.6 Å². The smallest absolute Gasteiger partial charge is 0.240 e. The Balaban J connectivity index is 1.63. The molecule has 0 bridgehead atoms. The van der Waals surface area contributed by atoms with Gasteiger partial charge in [0.05, 0.1) is 23.6 Å². The number of carbonyl (C=O) groups excluding carboxylic acids is 3. The predicted octanol–water partition coefficient (Wildman–Crippen LogP) is 3.32. The second-order valence-electron chi connectivity index (χ2n) is 7.41. The minimum absolute atomic E-state index is 0.114. The largest absolute Gasteiger partial charge is 0.353 e. The number of para-hydroxylation sites is 1. The molecule has 2 aromatic carbocycles. The van der Waals surface area contributed by atoms with Crippen molar-refractivity contribution >= 4 is 46.6 Å². The molecule has 0 spiro atoms. The Morgan fingerprint density at radius 3 is 2.50 bits per heavy atom. The number of imide groups is 1. The quantitative estimate of drug-likeness (QED) is 0.736. The lowest BCUT2D eigenvalue weighted by Gasteiger charge is -2.36. The van der Waals surface area contributed by atoms with E-state index in [1.54, 1.807) is 24.3 Å². The number of anilines is 2. The van der Waals surface area contributed by atoms with E-state index < -0.39 is 17.9 Å². The van der Waals surface area contributed by atoms with E-state index in [0.717, 1.165) is 11.3 Å². The molecule has 3 aliphatic rings. The number of hydrogen-bond acceptors (Lipinski definition) is 4. The molecule has 0 aliphatic carbocycles. The van der Waals surface area contributed by atoms with Crippen LogP contribution in [0.2, 0.25) is 5.02 Å². The van der Waals surface area contributed by atoms with Gasteiger partial charge in [-0.1, -0.05) is 48.0 Å². The van der Waals surface area contributed by atoms with E-state index in [2.05, 4.69) is 0 Å². The molecule has 6 heteroatoms. The molecule has 140 valence electrons. The summed E-state index contributed by atoms with van der Waals surface area (Å²) in [5, 5.41) is 0.450. The molecule has 5 rings (SSSR count). The molecule has 2 amide bonds. The zero-order valence-electron chi connectivity index (χ0n) is 15.1. The molecule has 0 N–H and O–H groups in total. The molecule has 3 heterocycles. The van der Waals surface area contributed by atoms with Gasteiger partial charge in [0.1, 0.15) is 6.04 Å². The fourth-order valence-electron chi connectivity index (χ4n) is 4.84. The minimum Gasteiger partial charge on any atom is -0.353 e. The van der Waals surface area contributed by atoms with Crippen molar-refractivity contribution in [2.45, 2.75) is 19.0 Å². The van der Waals surface area contributed by atoms with Gasteiger partial charge in [-0.15, -0.1) is 0 Å². The number of benzene rings is 2. The molecule has 2 fully saturated rings. The van der Waals surface area contributed by atoms with Crippen LogP contribution in [0, 0.1) is 11.8 Å². The fourth-order valence-corrected chi connectivity index (χ4v) is 5.03. The summed E-state index contributed by atoms with van der Waals surface area (Å²) >= 11 is 6.06. The van der Waals surface area contributed by atoms with Gasteiger partial charge in [-0.2, -0.15) is 0 Å². The van der Waals surface area contributed by atoms with E-state index in [4.69, 9.17) is 11.6 Å². The van der Waals surface area contributed by atoms with Gasteiger partial charge in [0.2, 0.25) is 11.8 Å². The molecule has 0 unspecified atom stereocenters. The highest BCUT2D eigenvalue weighted by Crippen LogP contribution is 2.49. The molecule has 0 aromatic heterocycles. The van der Waals surface area contributed by atoms with Crippen LogP contribution >= 0.6 is 11.6 Å². The number of rotatable bonds is 2. The Bertz CT molecular complexity index is 1060. The average molecular weight is 393 g/mol. The average Bonchev–Trinajstić information content (AvgIpc) is 3.15. The van der Waals surface area contributed by atoms with Crippen LogP contribution in [0.5, 0.6) is 0 Å². The van der Waals surface area contributed by atoms with Gasteiger partial charge in [-0.25, -0.2) is 4.90 Å². The maximum absolute atomic E-state index is 13.3. The van der Waals surface area contributed by atoms with Crippen LogP contribution in [0.3, 0.4) is 0 Å². The van der Waals surface area contributed by atoms with E-state index in [9.17, 15) is 14.4 Å². The Labute approximate surface area is 167 Å². The highest BCUT2D eigenvalue weighted by molar-refractivity contribution is 6.31. The van der Waals surface area contributed by atoms with E-state index in [-0.39, 0.29) is 23.6 Å². The van der Waals surface area contributed by atoms with Crippen molar-refractivity contribution < 1.29 is 14.4 Å². The third-order valence-electron chi connectivity index (χ3n) is 5.90. The second-order valence-corrected chi connectivity index (χ2v) is 7.85.